The Morgan fingerprint density at radius 2 is 1.82 bits per heavy atom. The van der Waals surface area contributed by atoms with Gasteiger partial charge in [-0.15, -0.1) is 0 Å². The van der Waals surface area contributed by atoms with E-state index in [1.54, 1.807) is 12.1 Å². The molecule has 0 saturated carbocycles. The molecule has 0 unspecified atom stereocenters. The number of nitrogens with zero attached hydrogens (tertiary/aromatic N) is 1. The van der Waals surface area contributed by atoms with Gasteiger partial charge in [0.2, 0.25) is 5.91 Å². The van der Waals surface area contributed by atoms with Gasteiger partial charge >= 0.3 is 0 Å². The van der Waals surface area contributed by atoms with Crippen LogP contribution in [0.3, 0.4) is 0 Å². The Morgan fingerprint density at radius 1 is 1.07 bits per heavy atom. The van der Waals surface area contributed by atoms with Crippen molar-refractivity contribution in [1.29, 1.82) is 0 Å². The van der Waals surface area contributed by atoms with Crippen molar-refractivity contribution in [3.8, 4) is 11.5 Å². The number of hydrogen-bond donors (Lipinski definition) is 1. The fourth-order valence-electron chi connectivity index (χ4n) is 3.16. The van der Waals surface area contributed by atoms with Crippen LogP contribution in [0.4, 0.5) is 0 Å². The molecule has 28 heavy (non-hydrogen) atoms. The predicted molar refractivity (Wildman–Crippen MR) is 98.8 cm³/mol. The minimum Gasteiger partial charge on any atom is -0.486 e. The van der Waals surface area contributed by atoms with Crippen molar-refractivity contribution in [3.63, 3.8) is 0 Å². The maximum Gasteiger partial charge on any atom is 0.269 e. The molecule has 9 heteroatoms. The van der Waals surface area contributed by atoms with Gasteiger partial charge in [-0.1, -0.05) is 18.2 Å². The maximum absolute atomic E-state index is 12.5. The fourth-order valence-corrected chi connectivity index (χ4v) is 4.69. The van der Waals surface area contributed by atoms with Gasteiger partial charge in [0.25, 0.3) is 15.9 Å². The topological polar surface area (TPSA) is 102 Å². The number of rotatable bonds is 5. The maximum atomic E-state index is 12.5. The number of fused-ring (bicyclic) bond motifs is 2. The highest BCUT2D eigenvalue weighted by molar-refractivity contribution is 7.90. The van der Waals surface area contributed by atoms with E-state index in [2.05, 4.69) is 5.32 Å². The summed E-state index contributed by atoms with van der Waals surface area (Å²) in [5.41, 5.74) is 1.04. The van der Waals surface area contributed by atoms with Gasteiger partial charge in [0, 0.05) is 6.54 Å². The molecule has 0 radical (unpaired) electrons. The van der Waals surface area contributed by atoms with E-state index < -0.39 is 28.4 Å². The van der Waals surface area contributed by atoms with Crippen molar-refractivity contribution in [1.82, 2.24) is 9.62 Å². The van der Waals surface area contributed by atoms with Crippen LogP contribution >= 0.6 is 0 Å². The van der Waals surface area contributed by atoms with Crippen molar-refractivity contribution in [2.24, 2.45) is 0 Å². The van der Waals surface area contributed by atoms with Crippen LogP contribution in [0, 0.1) is 0 Å². The molecule has 146 valence electrons. The molecular formula is C19H18N2O6S. The molecule has 1 N–H and O–H groups in total. The Labute approximate surface area is 162 Å². The summed E-state index contributed by atoms with van der Waals surface area (Å²) in [5, 5.41) is 2.65. The van der Waals surface area contributed by atoms with E-state index >= 15 is 0 Å². The van der Waals surface area contributed by atoms with Crippen LogP contribution in [-0.2, 0) is 21.2 Å². The lowest BCUT2D eigenvalue weighted by Gasteiger charge is -2.19. The van der Waals surface area contributed by atoms with Gasteiger partial charge in [0.1, 0.15) is 24.7 Å². The van der Waals surface area contributed by atoms with Crippen LogP contribution in [0.25, 0.3) is 0 Å². The third-order valence-corrected chi connectivity index (χ3v) is 6.33. The summed E-state index contributed by atoms with van der Waals surface area (Å²) in [6.45, 7) is 0.767. The molecule has 2 amide bonds. The Balaban J connectivity index is 1.35. The van der Waals surface area contributed by atoms with E-state index in [1.165, 1.54) is 12.1 Å². The second kappa shape index (κ2) is 7.16. The smallest absolute Gasteiger partial charge is 0.269 e. The first-order chi connectivity index (χ1) is 13.5. The molecule has 0 spiro atoms. The van der Waals surface area contributed by atoms with Gasteiger partial charge in [-0.3, -0.25) is 9.59 Å². The number of benzene rings is 2. The van der Waals surface area contributed by atoms with E-state index in [9.17, 15) is 18.0 Å². The van der Waals surface area contributed by atoms with E-state index in [-0.39, 0.29) is 10.5 Å². The highest BCUT2D eigenvalue weighted by Gasteiger charge is 2.41. The molecule has 2 heterocycles. The molecule has 0 aromatic heterocycles. The van der Waals surface area contributed by atoms with Crippen molar-refractivity contribution in [3.05, 3.63) is 53.6 Å². The van der Waals surface area contributed by atoms with Crippen LogP contribution in [-0.4, -0.2) is 50.8 Å². The number of carbonyl (C=O) groups is 2. The van der Waals surface area contributed by atoms with Crippen molar-refractivity contribution < 1.29 is 27.5 Å². The third kappa shape index (κ3) is 3.29. The quantitative estimate of drug-likeness (QED) is 0.799. The van der Waals surface area contributed by atoms with E-state index in [4.69, 9.17) is 9.47 Å². The summed E-state index contributed by atoms with van der Waals surface area (Å²) in [4.78, 5) is 24.4. The summed E-state index contributed by atoms with van der Waals surface area (Å²) in [6.07, 6.45) is 0.531. The van der Waals surface area contributed by atoms with Gasteiger partial charge in [-0.25, -0.2) is 12.7 Å². The van der Waals surface area contributed by atoms with Crippen molar-refractivity contribution in [2.45, 2.75) is 11.3 Å². The van der Waals surface area contributed by atoms with Gasteiger partial charge in [-0.05, 0) is 36.2 Å². The first kappa shape index (κ1) is 18.3. The second-order valence-electron chi connectivity index (χ2n) is 6.39. The first-order valence-corrected chi connectivity index (χ1v) is 10.2. The molecule has 2 aromatic rings. The predicted octanol–water partition coefficient (Wildman–Crippen LogP) is 0.961. The van der Waals surface area contributed by atoms with Gasteiger partial charge in [0.05, 0.1) is 5.56 Å². The summed E-state index contributed by atoms with van der Waals surface area (Å²) >= 11 is 0. The zero-order chi connectivity index (χ0) is 19.7. The number of ether oxygens (including phenoxy) is 2. The number of amides is 2. The lowest BCUT2D eigenvalue weighted by molar-refractivity contribution is -0.121. The largest absolute Gasteiger partial charge is 0.486 e. The van der Waals surface area contributed by atoms with E-state index in [1.807, 2.05) is 18.2 Å². The molecule has 4 rings (SSSR count). The van der Waals surface area contributed by atoms with Crippen LogP contribution in [0.5, 0.6) is 11.5 Å². The Kier molecular flexibility index (Phi) is 4.68. The molecule has 0 aliphatic carbocycles. The normalized spacial score (nSPS) is 16.6. The minimum atomic E-state index is -3.99. The highest BCUT2D eigenvalue weighted by Crippen LogP contribution is 2.31. The molecule has 0 fully saturated rings. The lowest BCUT2D eigenvalue weighted by atomic mass is 10.1. The standard InChI is InChI=1S/C19H18N2O6S/c22-18(12-21-19(23)14-3-1-2-4-17(14)28(21,24)25)20-8-7-13-5-6-15-16(11-13)27-10-9-26-15/h1-6,11H,7-10,12H2,(H,20,22). The molecule has 0 saturated heterocycles. The molecule has 8 nitrogen and oxygen atoms in total. The van der Waals surface area contributed by atoms with Crippen molar-refractivity contribution in [2.75, 3.05) is 26.3 Å². The average molecular weight is 402 g/mol. The zero-order valence-electron chi connectivity index (χ0n) is 14.9. The van der Waals surface area contributed by atoms with Gasteiger partial charge in [-0.2, -0.15) is 0 Å². The Morgan fingerprint density at radius 3 is 2.61 bits per heavy atom. The summed E-state index contributed by atoms with van der Waals surface area (Å²) < 4.78 is 36.5. The lowest BCUT2D eigenvalue weighted by Crippen LogP contribution is -2.40. The van der Waals surface area contributed by atoms with Gasteiger partial charge in [0.15, 0.2) is 11.5 Å². The van der Waals surface area contributed by atoms with Crippen LogP contribution in [0.2, 0.25) is 0 Å². The molecule has 0 atom stereocenters. The summed E-state index contributed by atoms with van der Waals surface area (Å²) in [5.74, 6) is 0.137. The zero-order valence-corrected chi connectivity index (χ0v) is 15.7. The van der Waals surface area contributed by atoms with Crippen LogP contribution < -0.4 is 14.8 Å². The Hall–Kier alpha value is -3.07. The van der Waals surface area contributed by atoms with E-state index in [0.29, 0.717) is 42.0 Å². The van der Waals surface area contributed by atoms with E-state index in [0.717, 1.165) is 5.56 Å². The molecular weight excluding hydrogens is 384 g/mol. The highest BCUT2D eigenvalue weighted by atomic mass is 32.2. The van der Waals surface area contributed by atoms with Gasteiger partial charge < -0.3 is 14.8 Å². The van der Waals surface area contributed by atoms with Crippen LogP contribution in [0.1, 0.15) is 15.9 Å². The number of carbonyl (C=O) groups excluding carboxylic acids is 2. The van der Waals surface area contributed by atoms with Crippen molar-refractivity contribution >= 4 is 21.8 Å². The monoisotopic (exact) mass is 402 g/mol. The Bertz CT molecular complexity index is 1050. The number of hydrogen-bond acceptors (Lipinski definition) is 6. The summed E-state index contributed by atoms with van der Waals surface area (Å²) in [7, 11) is -3.99. The summed E-state index contributed by atoms with van der Waals surface area (Å²) in [6, 6.07) is 11.5. The first-order valence-electron chi connectivity index (χ1n) is 8.78. The minimum absolute atomic E-state index is 0.0657. The number of sulfonamides is 1. The van der Waals surface area contributed by atoms with Crippen LogP contribution in [0.15, 0.2) is 47.4 Å². The third-order valence-electron chi connectivity index (χ3n) is 4.54. The molecule has 2 aliphatic heterocycles. The fraction of sp³-hybridized carbons (Fsp3) is 0.263. The molecule has 2 aliphatic rings. The number of nitrogens with one attached hydrogen (secondary N) is 1. The molecule has 0 bridgehead atoms. The second-order valence-corrected chi connectivity index (χ2v) is 8.22. The SMILES string of the molecule is O=C(CN1C(=O)c2ccccc2S1(=O)=O)NCCc1ccc2c(c1)OCCO2. The molecule has 2 aromatic carbocycles. The average Bonchev–Trinajstić information content (AvgIpc) is 2.89.